The molecule has 1 aromatic rings. The summed E-state index contributed by atoms with van der Waals surface area (Å²) >= 11 is 2.20. The van der Waals surface area contributed by atoms with Crippen molar-refractivity contribution < 1.29 is 4.42 Å². The largest absolute Gasteiger partial charge is 0.454 e. The van der Waals surface area contributed by atoms with E-state index in [1.165, 1.54) is 25.9 Å². The molecule has 1 aliphatic rings. The zero-order chi connectivity index (χ0) is 11.4. The number of nitrogens with one attached hydrogen (secondary N) is 1. The van der Waals surface area contributed by atoms with Crippen LogP contribution >= 0.6 is 22.6 Å². The Bertz CT molecular complexity index is 319. The van der Waals surface area contributed by atoms with E-state index >= 15 is 0 Å². The minimum absolute atomic E-state index is 0.838. The fraction of sp³-hybridized carbons (Fsp3) is 0.667. The number of piperidine rings is 1. The first-order valence-electron chi connectivity index (χ1n) is 5.87. The molecule has 0 atom stereocenters. The summed E-state index contributed by atoms with van der Waals surface area (Å²) in [7, 11) is 2.20. The van der Waals surface area contributed by atoms with Gasteiger partial charge in [-0.3, -0.25) is 0 Å². The smallest absolute Gasteiger partial charge is 0.164 e. The van der Waals surface area contributed by atoms with Crippen molar-refractivity contribution in [2.24, 2.45) is 5.92 Å². The van der Waals surface area contributed by atoms with Gasteiger partial charge >= 0.3 is 0 Å². The molecule has 1 fully saturated rings. The van der Waals surface area contributed by atoms with Gasteiger partial charge in [0.15, 0.2) is 3.77 Å². The molecule has 2 heterocycles. The lowest BCUT2D eigenvalue weighted by Gasteiger charge is -2.28. The zero-order valence-electron chi connectivity index (χ0n) is 9.71. The highest BCUT2D eigenvalue weighted by Gasteiger charge is 2.15. The number of likely N-dealkylation sites (tertiary alicyclic amines) is 1. The molecule has 0 spiro atoms. The van der Waals surface area contributed by atoms with Crippen molar-refractivity contribution in [2.45, 2.75) is 19.4 Å². The van der Waals surface area contributed by atoms with E-state index in [9.17, 15) is 0 Å². The van der Waals surface area contributed by atoms with Gasteiger partial charge in [0.25, 0.3) is 0 Å². The summed E-state index contributed by atoms with van der Waals surface area (Å²) in [6.45, 7) is 4.45. The van der Waals surface area contributed by atoms with Crippen LogP contribution < -0.4 is 5.32 Å². The fourth-order valence-corrected chi connectivity index (χ4v) is 2.58. The van der Waals surface area contributed by atoms with Gasteiger partial charge < -0.3 is 14.6 Å². The Morgan fingerprint density at radius 3 is 2.81 bits per heavy atom. The lowest BCUT2D eigenvalue weighted by atomic mass is 9.97. The molecule has 4 heteroatoms. The summed E-state index contributed by atoms with van der Waals surface area (Å²) in [6.07, 6.45) is 2.64. The van der Waals surface area contributed by atoms with Crippen LogP contribution in [0, 0.1) is 9.68 Å². The minimum Gasteiger partial charge on any atom is -0.454 e. The number of halogens is 1. The van der Waals surface area contributed by atoms with E-state index in [1.54, 1.807) is 0 Å². The van der Waals surface area contributed by atoms with Crippen LogP contribution in [0.3, 0.4) is 0 Å². The molecule has 1 saturated heterocycles. The molecular weight excluding hydrogens is 315 g/mol. The van der Waals surface area contributed by atoms with Crippen molar-refractivity contribution in [3.05, 3.63) is 21.7 Å². The topological polar surface area (TPSA) is 28.4 Å². The van der Waals surface area contributed by atoms with Crippen molar-refractivity contribution in [3.63, 3.8) is 0 Å². The monoisotopic (exact) mass is 334 g/mol. The second-order valence-corrected chi connectivity index (χ2v) is 5.65. The molecule has 16 heavy (non-hydrogen) atoms. The van der Waals surface area contributed by atoms with Gasteiger partial charge in [0, 0.05) is 0 Å². The first kappa shape index (κ1) is 12.4. The molecule has 0 unspecified atom stereocenters. The van der Waals surface area contributed by atoms with Gasteiger partial charge in [-0.1, -0.05) is 0 Å². The molecule has 0 saturated carbocycles. The van der Waals surface area contributed by atoms with Crippen LogP contribution in [-0.4, -0.2) is 31.6 Å². The molecule has 1 N–H and O–H groups in total. The SMILES string of the molecule is CN1CCC(CNCc2ccc(I)o2)CC1. The van der Waals surface area contributed by atoms with Gasteiger partial charge in [0.1, 0.15) is 5.76 Å². The second kappa shape index (κ2) is 6.02. The Morgan fingerprint density at radius 1 is 1.44 bits per heavy atom. The van der Waals surface area contributed by atoms with Crippen LogP contribution in [0.5, 0.6) is 0 Å². The van der Waals surface area contributed by atoms with Gasteiger partial charge in [0.2, 0.25) is 0 Å². The van der Waals surface area contributed by atoms with Crippen LogP contribution in [0.25, 0.3) is 0 Å². The molecule has 0 aliphatic carbocycles. The number of hydrogen-bond donors (Lipinski definition) is 1. The van der Waals surface area contributed by atoms with Crippen molar-refractivity contribution in [3.8, 4) is 0 Å². The van der Waals surface area contributed by atoms with E-state index < -0.39 is 0 Å². The maximum Gasteiger partial charge on any atom is 0.164 e. The first-order chi connectivity index (χ1) is 7.74. The highest BCUT2D eigenvalue weighted by molar-refractivity contribution is 14.1. The van der Waals surface area contributed by atoms with E-state index in [0.29, 0.717) is 0 Å². The minimum atomic E-state index is 0.838. The predicted octanol–water partition coefficient (Wildman–Crippen LogP) is 2.32. The van der Waals surface area contributed by atoms with E-state index in [1.807, 2.05) is 12.1 Å². The standard InChI is InChI=1S/C12H19IN2O/c1-15-6-4-10(5-7-15)8-14-9-11-2-3-12(13)16-11/h2-3,10,14H,4-9H2,1H3. The summed E-state index contributed by atoms with van der Waals surface area (Å²) in [4.78, 5) is 2.41. The van der Waals surface area contributed by atoms with Gasteiger partial charge in [0.05, 0.1) is 6.54 Å². The predicted molar refractivity (Wildman–Crippen MR) is 73.4 cm³/mol. The number of furan rings is 1. The summed E-state index contributed by atoms with van der Waals surface area (Å²) in [6, 6.07) is 4.05. The van der Waals surface area contributed by atoms with Gasteiger partial charge in [-0.2, -0.15) is 0 Å². The first-order valence-corrected chi connectivity index (χ1v) is 6.95. The number of nitrogens with zero attached hydrogens (tertiary/aromatic N) is 1. The molecule has 0 bridgehead atoms. The summed E-state index contributed by atoms with van der Waals surface area (Å²) < 4.78 is 6.47. The Hall–Kier alpha value is -0.0700. The molecule has 90 valence electrons. The molecule has 1 aliphatic heterocycles. The van der Waals surface area contributed by atoms with E-state index in [-0.39, 0.29) is 0 Å². The third-order valence-electron chi connectivity index (χ3n) is 3.20. The van der Waals surface area contributed by atoms with Crippen molar-refractivity contribution in [1.29, 1.82) is 0 Å². The fourth-order valence-electron chi connectivity index (χ4n) is 2.11. The van der Waals surface area contributed by atoms with E-state index in [2.05, 4.69) is 39.9 Å². The molecule has 0 amide bonds. The highest BCUT2D eigenvalue weighted by atomic mass is 127. The maximum atomic E-state index is 5.51. The Labute approximate surface area is 111 Å². The second-order valence-electron chi connectivity index (χ2n) is 4.58. The van der Waals surface area contributed by atoms with Gasteiger partial charge in [-0.15, -0.1) is 0 Å². The normalized spacial score (nSPS) is 19.1. The summed E-state index contributed by atoms with van der Waals surface area (Å²) in [5.74, 6) is 1.88. The van der Waals surface area contributed by atoms with Crippen molar-refractivity contribution >= 4 is 22.6 Å². The maximum absolute atomic E-state index is 5.51. The van der Waals surface area contributed by atoms with Crippen LogP contribution in [0.15, 0.2) is 16.5 Å². The number of hydrogen-bond acceptors (Lipinski definition) is 3. The van der Waals surface area contributed by atoms with Gasteiger partial charge in [-0.25, -0.2) is 0 Å². The number of rotatable bonds is 4. The van der Waals surface area contributed by atoms with Crippen molar-refractivity contribution in [2.75, 3.05) is 26.7 Å². The molecule has 0 aromatic carbocycles. The van der Waals surface area contributed by atoms with Crippen LogP contribution in [0.1, 0.15) is 18.6 Å². The Morgan fingerprint density at radius 2 is 2.19 bits per heavy atom. The highest BCUT2D eigenvalue weighted by Crippen LogP contribution is 2.15. The van der Waals surface area contributed by atoms with Crippen molar-refractivity contribution in [1.82, 2.24) is 10.2 Å². The summed E-state index contributed by atoms with van der Waals surface area (Å²) in [5.41, 5.74) is 0. The molecule has 2 rings (SSSR count). The average molecular weight is 334 g/mol. The zero-order valence-corrected chi connectivity index (χ0v) is 11.9. The molecule has 0 radical (unpaired) electrons. The Kier molecular flexibility index (Phi) is 4.66. The summed E-state index contributed by atoms with van der Waals surface area (Å²) in [5, 5.41) is 3.48. The average Bonchev–Trinajstić information content (AvgIpc) is 2.67. The third-order valence-corrected chi connectivity index (χ3v) is 3.78. The van der Waals surface area contributed by atoms with Crippen LogP contribution in [-0.2, 0) is 6.54 Å². The molecule has 1 aromatic heterocycles. The lowest BCUT2D eigenvalue weighted by molar-refractivity contribution is 0.215. The molecule has 3 nitrogen and oxygen atoms in total. The third kappa shape index (κ3) is 3.75. The Balaban J connectivity index is 1.64. The van der Waals surface area contributed by atoms with Gasteiger partial charge in [-0.05, 0) is 80.2 Å². The van der Waals surface area contributed by atoms with Crippen LogP contribution in [0.4, 0.5) is 0 Å². The quantitative estimate of drug-likeness (QED) is 0.857. The van der Waals surface area contributed by atoms with E-state index in [4.69, 9.17) is 4.42 Å². The van der Waals surface area contributed by atoms with Crippen LogP contribution in [0.2, 0.25) is 0 Å². The lowest BCUT2D eigenvalue weighted by Crippen LogP contribution is -2.34. The van der Waals surface area contributed by atoms with E-state index in [0.717, 1.165) is 28.5 Å². The molecular formula is C12H19IN2O.